The summed E-state index contributed by atoms with van der Waals surface area (Å²) in [6, 6.07) is 7.13. The number of carbonyl (C=O) groups excluding carboxylic acids is 1. The highest BCUT2D eigenvalue weighted by Crippen LogP contribution is 2.43. The Morgan fingerprint density at radius 2 is 1.87 bits per heavy atom. The van der Waals surface area contributed by atoms with Gasteiger partial charge in [-0.3, -0.25) is 0 Å². The first-order chi connectivity index (χ1) is 14.7. The van der Waals surface area contributed by atoms with Crippen LogP contribution >= 0.6 is 0 Å². The average molecular weight is 430 g/mol. The predicted octanol–water partition coefficient (Wildman–Crippen LogP) is 4.70. The molecular weight excluding hydrogens is 404 g/mol. The van der Waals surface area contributed by atoms with Gasteiger partial charge in [-0.25, -0.2) is 9.59 Å². The Kier molecular flexibility index (Phi) is 7.88. The van der Waals surface area contributed by atoms with Crippen molar-refractivity contribution in [2.75, 3.05) is 0 Å². The summed E-state index contributed by atoms with van der Waals surface area (Å²) < 4.78 is 11.7. The van der Waals surface area contributed by atoms with Crippen LogP contribution in [0.2, 0.25) is 0 Å². The van der Waals surface area contributed by atoms with Crippen LogP contribution in [0.25, 0.3) is 20.9 Å². The summed E-state index contributed by atoms with van der Waals surface area (Å²) in [6.07, 6.45) is -1.12. The van der Waals surface area contributed by atoms with Gasteiger partial charge in [0.25, 0.3) is 5.72 Å². The maximum Gasteiger partial charge on any atom is 0.342 e. The molecule has 1 aliphatic rings. The van der Waals surface area contributed by atoms with Gasteiger partial charge in [0.05, 0.1) is 17.7 Å². The molecule has 2 rings (SSSR count). The molecule has 1 aromatic carbocycles. The maximum absolute atomic E-state index is 12.8. The van der Waals surface area contributed by atoms with Gasteiger partial charge >= 0.3 is 11.9 Å². The highest BCUT2D eigenvalue weighted by Gasteiger charge is 2.58. The first-order valence-electron chi connectivity index (χ1n) is 10.0. The molecule has 0 aliphatic carbocycles. The first-order valence-corrected chi connectivity index (χ1v) is 10.0. The van der Waals surface area contributed by atoms with Crippen LogP contribution in [0.15, 0.2) is 40.6 Å². The van der Waals surface area contributed by atoms with E-state index < -0.39 is 41.8 Å². The van der Waals surface area contributed by atoms with Gasteiger partial charge in [0, 0.05) is 9.82 Å². The van der Waals surface area contributed by atoms with Gasteiger partial charge in [-0.15, -0.1) is 0 Å². The number of hydrogen-bond acceptors (Lipinski definition) is 6. The minimum absolute atomic E-state index is 0.194. The number of benzene rings is 1. The van der Waals surface area contributed by atoms with Gasteiger partial charge in [0.15, 0.2) is 0 Å². The Morgan fingerprint density at radius 1 is 1.23 bits per heavy atom. The molecular formula is C20H26N6O5. The molecule has 11 heteroatoms. The molecule has 0 bridgehead atoms. The van der Waals surface area contributed by atoms with E-state index in [-0.39, 0.29) is 11.8 Å². The molecule has 0 amide bonds. The monoisotopic (exact) mass is 430 g/mol. The zero-order chi connectivity index (χ0) is 23.2. The summed E-state index contributed by atoms with van der Waals surface area (Å²) in [5.41, 5.74) is 15.9. The van der Waals surface area contributed by atoms with E-state index in [1.54, 1.807) is 44.2 Å². The fraction of sp³-hybridized carbons (Fsp3) is 0.600. The summed E-state index contributed by atoms with van der Waals surface area (Å²) in [4.78, 5) is 30.3. The number of azide groups is 2. The van der Waals surface area contributed by atoms with Crippen molar-refractivity contribution >= 4 is 11.9 Å². The predicted molar refractivity (Wildman–Crippen MR) is 111 cm³/mol. The number of nitrogens with zero attached hydrogens (tertiary/aromatic N) is 6. The standard InChI is InChI=1S/C20H26N6O5/c1-5-11(2)15(30-18(27)14-9-7-6-8-10-14)16-12(3)13(4)17(23-25-21)20(31-16,19(28)29)24-26-22/h6-13,15-17H,5H2,1-4H3,(H,28,29)/t11-,12-,13+,15-,16?,17?,20+/m1/s1. The molecule has 0 aromatic heterocycles. The summed E-state index contributed by atoms with van der Waals surface area (Å²) in [6.45, 7) is 7.25. The highest BCUT2D eigenvalue weighted by atomic mass is 16.6. The average Bonchev–Trinajstić information content (AvgIpc) is 2.77. The lowest BCUT2D eigenvalue weighted by Crippen LogP contribution is -2.63. The molecule has 7 atom stereocenters. The minimum atomic E-state index is -2.46. The molecule has 31 heavy (non-hydrogen) atoms. The number of hydrogen-bond donors (Lipinski definition) is 1. The molecule has 166 valence electrons. The van der Waals surface area contributed by atoms with Crippen LogP contribution in [0.4, 0.5) is 0 Å². The second-order valence-electron chi connectivity index (χ2n) is 7.76. The Morgan fingerprint density at radius 3 is 2.39 bits per heavy atom. The minimum Gasteiger partial charge on any atom is -0.479 e. The van der Waals surface area contributed by atoms with Crippen LogP contribution in [0, 0.1) is 17.8 Å². The molecule has 0 radical (unpaired) electrons. The molecule has 0 saturated carbocycles. The van der Waals surface area contributed by atoms with Gasteiger partial charge in [-0.2, -0.15) is 0 Å². The normalized spacial score (nSPS) is 29.5. The second-order valence-corrected chi connectivity index (χ2v) is 7.76. The zero-order valence-electron chi connectivity index (χ0n) is 17.8. The van der Waals surface area contributed by atoms with E-state index in [0.29, 0.717) is 12.0 Å². The van der Waals surface area contributed by atoms with Crippen molar-refractivity contribution in [2.24, 2.45) is 28.0 Å². The van der Waals surface area contributed by atoms with E-state index in [1.165, 1.54) is 0 Å². The van der Waals surface area contributed by atoms with Crippen LogP contribution in [0.5, 0.6) is 0 Å². The third-order valence-electron chi connectivity index (χ3n) is 6.02. The Hall–Kier alpha value is -3.26. The van der Waals surface area contributed by atoms with Crippen LogP contribution < -0.4 is 0 Å². The van der Waals surface area contributed by atoms with E-state index in [1.807, 2.05) is 13.8 Å². The van der Waals surface area contributed by atoms with Gasteiger partial charge in [-0.1, -0.05) is 51.0 Å². The van der Waals surface area contributed by atoms with Crippen molar-refractivity contribution in [3.63, 3.8) is 0 Å². The first kappa shape index (κ1) is 24.0. The van der Waals surface area contributed by atoms with Crippen molar-refractivity contribution in [1.29, 1.82) is 0 Å². The molecule has 2 unspecified atom stereocenters. The summed E-state index contributed by atoms with van der Waals surface area (Å²) in [5.74, 6) is -3.27. The van der Waals surface area contributed by atoms with Gasteiger partial charge in [-0.05, 0) is 52.5 Å². The zero-order valence-corrected chi connectivity index (χ0v) is 17.8. The Bertz CT molecular complexity index is 895. The molecule has 1 aromatic rings. The molecule has 1 N–H and O–H groups in total. The number of esters is 1. The quantitative estimate of drug-likeness (QED) is 0.272. The lowest BCUT2D eigenvalue weighted by atomic mass is 9.74. The van der Waals surface area contributed by atoms with Crippen LogP contribution in [0.3, 0.4) is 0 Å². The van der Waals surface area contributed by atoms with Gasteiger partial charge in [0.1, 0.15) is 6.10 Å². The number of carboxylic acids is 1. The maximum atomic E-state index is 12.8. The largest absolute Gasteiger partial charge is 0.479 e. The van der Waals surface area contributed by atoms with Crippen LogP contribution in [-0.2, 0) is 14.3 Å². The van der Waals surface area contributed by atoms with Crippen molar-refractivity contribution in [3.8, 4) is 0 Å². The Labute approximate surface area is 179 Å². The second kappa shape index (κ2) is 10.2. The van der Waals surface area contributed by atoms with Gasteiger partial charge < -0.3 is 14.6 Å². The van der Waals surface area contributed by atoms with E-state index in [2.05, 4.69) is 20.1 Å². The van der Waals surface area contributed by atoms with E-state index in [4.69, 9.17) is 20.5 Å². The van der Waals surface area contributed by atoms with Crippen molar-refractivity contribution in [2.45, 2.75) is 58.1 Å². The Balaban J connectivity index is 2.52. The third-order valence-corrected chi connectivity index (χ3v) is 6.02. The SMILES string of the molecule is CC[C@@H](C)[C@@H](OC(=O)c1ccccc1)C1O[C@](N=[N+]=[N-])(C(=O)O)C(N=[N+]=[N-])[C@@H](C)[C@H]1C. The van der Waals surface area contributed by atoms with Crippen LogP contribution in [0.1, 0.15) is 44.5 Å². The third kappa shape index (κ3) is 4.74. The van der Waals surface area contributed by atoms with Crippen molar-refractivity contribution < 1.29 is 24.2 Å². The summed E-state index contributed by atoms with van der Waals surface area (Å²) in [5, 5.41) is 16.9. The topological polar surface area (TPSA) is 170 Å². The number of carboxylic acid groups (broad SMARTS) is 1. The summed E-state index contributed by atoms with van der Waals surface area (Å²) in [7, 11) is 0. The number of aliphatic carboxylic acids is 1. The lowest BCUT2D eigenvalue weighted by Gasteiger charge is -2.49. The number of ether oxygens (including phenoxy) is 2. The van der Waals surface area contributed by atoms with Crippen molar-refractivity contribution in [3.05, 3.63) is 56.8 Å². The molecule has 1 aliphatic heterocycles. The summed E-state index contributed by atoms with van der Waals surface area (Å²) >= 11 is 0. The molecule has 0 spiro atoms. The lowest BCUT2D eigenvalue weighted by molar-refractivity contribution is -0.225. The smallest absolute Gasteiger partial charge is 0.342 e. The van der Waals surface area contributed by atoms with E-state index in [9.17, 15) is 14.7 Å². The fourth-order valence-corrected chi connectivity index (χ4v) is 3.81. The molecule has 1 heterocycles. The van der Waals surface area contributed by atoms with Gasteiger partial charge in [0.2, 0.25) is 0 Å². The molecule has 11 nitrogen and oxygen atoms in total. The fourth-order valence-electron chi connectivity index (χ4n) is 3.81. The number of carbonyl (C=O) groups is 2. The van der Waals surface area contributed by atoms with Crippen molar-refractivity contribution in [1.82, 2.24) is 0 Å². The molecule has 1 saturated heterocycles. The molecule has 1 fully saturated rings. The number of rotatable bonds is 8. The van der Waals surface area contributed by atoms with E-state index in [0.717, 1.165) is 0 Å². The van der Waals surface area contributed by atoms with E-state index >= 15 is 0 Å². The highest BCUT2D eigenvalue weighted by molar-refractivity contribution is 5.89. The van der Waals surface area contributed by atoms with Crippen LogP contribution in [-0.4, -0.2) is 41.0 Å².